The molecule has 1 saturated heterocycles. The van der Waals surface area contributed by atoms with E-state index in [0.717, 1.165) is 6.20 Å². The molecule has 0 amide bonds. The Morgan fingerprint density at radius 2 is 2.06 bits per heavy atom. The average molecular weight is 241 g/mol. The maximum Gasteiger partial charge on any atom is 0.255 e. The summed E-state index contributed by atoms with van der Waals surface area (Å²) in [6.45, 7) is 3.94. The van der Waals surface area contributed by atoms with Gasteiger partial charge in [-0.25, -0.2) is 4.98 Å². The van der Waals surface area contributed by atoms with Gasteiger partial charge >= 0.3 is 0 Å². The molecule has 17 heavy (non-hydrogen) atoms. The summed E-state index contributed by atoms with van der Waals surface area (Å²) in [7, 11) is 0. The molecule has 5 nitrogen and oxygen atoms in total. The van der Waals surface area contributed by atoms with Crippen molar-refractivity contribution in [3.8, 4) is 5.88 Å². The number of nitrogens with zero attached hydrogens (tertiary/aromatic N) is 2. The number of hydrogen-bond acceptors (Lipinski definition) is 5. The van der Waals surface area contributed by atoms with E-state index in [4.69, 9.17) is 15.2 Å². The van der Waals surface area contributed by atoms with Gasteiger partial charge in [0.25, 0.3) is 5.88 Å². The van der Waals surface area contributed by atoms with Crippen molar-refractivity contribution in [3.05, 3.63) is 12.0 Å². The van der Waals surface area contributed by atoms with Crippen LogP contribution in [-0.4, -0.2) is 28.3 Å². The van der Waals surface area contributed by atoms with Crippen molar-refractivity contribution in [1.29, 1.82) is 0 Å². The van der Waals surface area contributed by atoms with Crippen LogP contribution in [0.2, 0.25) is 0 Å². The average Bonchev–Trinajstić information content (AvgIpc) is 2.22. The summed E-state index contributed by atoms with van der Waals surface area (Å²) < 4.78 is 24.5. The minimum atomic E-state index is -0.592. The van der Waals surface area contributed by atoms with Gasteiger partial charge in [0.2, 0.25) is 11.8 Å². The molecule has 1 fully saturated rings. The normalized spacial score (nSPS) is 29.0. The highest BCUT2D eigenvalue weighted by Crippen LogP contribution is 2.24. The van der Waals surface area contributed by atoms with Crippen LogP contribution in [0.4, 0.5) is 10.3 Å². The van der Waals surface area contributed by atoms with Crippen LogP contribution in [0.5, 0.6) is 5.88 Å². The molecule has 2 heterocycles. The standard InChI is InChI=1S/C11H16FN3O2/c1-6-3-8(4-7(2)16-6)17-10-9(12)5-14-11(13)15-10/h5-8H,3-4H2,1-2H3,(H2,13,14,15). The van der Waals surface area contributed by atoms with Crippen molar-refractivity contribution in [2.45, 2.75) is 45.0 Å². The number of nitrogens with two attached hydrogens (primary N) is 1. The fraction of sp³-hybridized carbons (Fsp3) is 0.636. The maximum absolute atomic E-state index is 13.4. The quantitative estimate of drug-likeness (QED) is 0.850. The second-order valence-corrected chi connectivity index (χ2v) is 4.35. The lowest BCUT2D eigenvalue weighted by molar-refractivity contribution is -0.0736. The number of ether oxygens (including phenoxy) is 2. The monoisotopic (exact) mass is 241 g/mol. The van der Waals surface area contributed by atoms with E-state index in [9.17, 15) is 4.39 Å². The van der Waals surface area contributed by atoms with E-state index in [-0.39, 0.29) is 30.1 Å². The Kier molecular flexibility index (Phi) is 3.42. The summed E-state index contributed by atoms with van der Waals surface area (Å²) in [6, 6.07) is 0. The molecule has 2 atom stereocenters. The van der Waals surface area contributed by atoms with E-state index in [1.54, 1.807) is 0 Å². The molecule has 6 heteroatoms. The molecule has 2 unspecified atom stereocenters. The molecular weight excluding hydrogens is 225 g/mol. The lowest BCUT2D eigenvalue weighted by Gasteiger charge is -2.31. The maximum atomic E-state index is 13.4. The van der Waals surface area contributed by atoms with Gasteiger partial charge in [0.05, 0.1) is 18.4 Å². The first kappa shape index (κ1) is 12.0. The number of aromatic nitrogens is 2. The largest absolute Gasteiger partial charge is 0.472 e. The molecule has 0 aliphatic carbocycles. The predicted molar refractivity (Wildman–Crippen MR) is 60.1 cm³/mol. The first-order valence-electron chi connectivity index (χ1n) is 5.64. The summed E-state index contributed by atoms with van der Waals surface area (Å²) in [5.74, 6) is -0.663. The van der Waals surface area contributed by atoms with E-state index in [1.165, 1.54) is 0 Å². The Morgan fingerprint density at radius 3 is 2.71 bits per heavy atom. The Balaban J connectivity index is 2.07. The molecule has 0 spiro atoms. The van der Waals surface area contributed by atoms with Crippen LogP contribution in [0.3, 0.4) is 0 Å². The van der Waals surface area contributed by atoms with Crippen LogP contribution in [0, 0.1) is 5.82 Å². The fourth-order valence-electron chi connectivity index (χ4n) is 2.05. The molecule has 2 rings (SSSR count). The fourth-order valence-corrected chi connectivity index (χ4v) is 2.05. The van der Waals surface area contributed by atoms with E-state index in [1.807, 2.05) is 13.8 Å². The summed E-state index contributed by atoms with van der Waals surface area (Å²) >= 11 is 0. The molecule has 0 saturated carbocycles. The summed E-state index contributed by atoms with van der Waals surface area (Å²) in [5.41, 5.74) is 5.39. The van der Waals surface area contributed by atoms with Gasteiger partial charge in [-0.05, 0) is 13.8 Å². The topological polar surface area (TPSA) is 70.3 Å². The third-order valence-corrected chi connectivity index (χ3v) is 2.66. The molecule has 1 aliphatic heterocycles. The van der Waals surface area contributed by atoms with Gasteiger partial charge in [0.15, 0.2) is 0 Å². The second-order valence-electron chi connectivity index (χ2n) is 4.35. The summed E-state index contributed by atoms with van der Waals surface area (Å²) in [5, 5.41) is 0. The SMILES string of the molecule is CC1CC(Oc2nc(N)ncc2F)CC(C)O1. The molecule has 1 aliphatic rings. The smallest absolute Gasteiger partial charge is 0.255 e. The van der Waals surface area contributed by atoms with Crippen molar-refractivity contribution >= 4 is 5.95 Å². The molecule has 1 aromatic rings. The van der Waals surface area contributed by atoms with E-state index < -0.39 is 5.82 Å². The Morgan fingerprint density at radius 1 is 1.41 bits per heavy atom. The molecular formula is C11H16FN3O2. The first-order valence-corrected chi connectivity index (χ1v) is 5.64. The zero-order valence-corrected chi connectivity index (χ0v) is 9.89. The van der Waals surface area contributed by atoms with Crippen molar-refractivity contribution in [1.82, 2.24) is 9.97 Å². The van der Waals surface area contributed by atoms with E-state index in [2.05, 4.69) is 9.97 Å². The molecule has 1 aromatic heterocycles. The number of nitrogen functional groups attached to an aromatic ring is 1. The van der Waals surface area contributed by atoms with Crippen molar-refractivity contribution in [2.24, 2.45) is 0 Å². The van der Waals surface area contributed by atoms with E-state index >= 15 is 0 Å². The Labute approximate surface area is 99.2 Å². The van der Waals surface area contributed by atoms with E-state index in [0.29, 0.717) is 12.8 Å². The third kappa shape index (κ3) is 3.03. The van der Waals surface area contributed by atoms with Gasteiger partial charge in [-0.1, -0.05) is 0 Å². The molecule has 0 radical (unpaired) electrons. The van der Waals surface area contributed by atoms with Gasteiger partial charge in [-0.15, -0.1) is 0 Å². The lowest BCUT2D eigenvalue weighted by Crippen LogP contribution is -2.36. The number of anilines is 1. The van der Waals surface area contributed by atoms with Gasteiger partial charge < -0.3 is 15.2 Å². The molecule has 2 N–H and O–H groups in total. The lowest BCUT2D eigenvalue weighted by atomic mass is 10.0. The van der Waals surface area contributed by atoms with Crippen molar-refractivity contribution in [2.75, 3.05) is 5.73 Å². The van der Waals surface area contributed by atoms with Gasteiger partial charge in [0, 0.05) is 12.8 Å². The number of halogens is 1. The number of hydrogen-bond donors (Lipinski definition) is 1. The molecule has 0 bridgehead atoms. The highest BCUT2D eigenvalue weighted by atomic mass is 19.1. The Hall–Kier alpha value is -1.43. The van der Waals surface area contributed by atoms with Crippen molar-refractivity contribution < 1.29 is 13.9 Å². The predicted octanol–water partition coefficient (Wildman–Crippen LogP) is 1.53. The summed E-state index contributed by atoms with van der Waals surface area (Å²) in [4.78, 5) is 7.29. The highest BCUT2D eigenvalue weighted by Gasteiger charge is 2.27. The first-order chi connectivity index (χ1) is 8.04. The van der Waals surface area contributed by atoms with Gasteiger partial charge in [0.1, 0.15) is 6.10 Å². The van der Waals surface area contributed by atoms with Crippen LogP contribution in [0.15, 0.2) is 6.20 Å². The zero-order valence-electron chi connectivity index (χ0n) is 9.89. The van der Waals surface area contributed by atoms with Crippen LogP contribution in [0.25, 0.3) is 0 Å². The third-order valence-electron chi connectivity index (χ3n) is 2.66. The van der Waals surface area contributed by atoms with Crippen molar-refractivity contribution in [3.63, 3.8) is 0 Å². The minimum Gasteiger partial charge on any atom is -0.472 e. The van der Waals surface area contributed by atoms with Crippen LogP contribution >= 0.6 is 0 Å². The van der Waals surface area contributed by atoms with Gasteiger partial charge in [-0.3, -0.25) is 0 Å². The zero-order chi connectivity index (χ0) is 12.4. The number of rotatable bonds is 2. The highest BCUT2D eigenvalue weighted by molar-refractivity contribution is 5.22. The van der Waals surface area contributed by atoms with Gasteiger partial charge in [-0.2, -0.15) is 9.37 Å². The Bertz CT molecular complexity index is 392. The van der Waals surface area contributed by atoms with Crippen LogP contribution in [0.1, 0.15) is 26.7 Å². The summed E-state index contributed by atoms with van der Waals surface area (Å²) in [6.07, 6.45) is 2.56. The second kappa shape index (κ2) is 4.83. The van der Waals surface area contributed by atoms with Crippen LogP contribution < -0.4 is 10.5 Å². The van der Waals surface area contributed by atoms with Crippen LogP contribution in [-0.2, 0) is 4.74 Å². The molecule has 0 aromatic carbocycles. The molecule has 94 valence electrons. The minimum absolute atomic E-state index is 0.00885.